The van der Waals surface area contributed by atoms with Crippen molar-refractivity contribution in [3.8, 4) is 22.6 Å². The van der Waals surface area contributed by atoms with Crippen LogP contribution in [0.2, 0.25) is 5.02 Å². The molecule has 0 bridgehead atoms. The summed E-state index contributed by atoms with van der Waals surface area (Å²) in [5.41, 5.74) is 3.98. The second-order valence-corrected chi connectivity index (χ2v) is 10.4. The summed E-state index contributed by atoms with van der Waals surface area (Å²) in [4.78, 5) is 24.9. The average molecular weight is 529 g/mol. The molecule has 2 amide bonds. The summed E-state index contributed by atoms with van der Waals surface area (Å²) < 4.78 is 6.34. The molecule has 0 fully saturated rings. The Labute approximate surface area is 227 Å². The second kappa shape index (κ2) is 11.0. The molecule has 7 heteroatoms. The molecule has 0 saturated carbocycles. The molecule has 6 nitrogen and oxygen atoms in total. The minimum atomic E-state index is -1.08. The van der Waals surface area contributed by atoms with Crippen molar-refractivity contribution in [3.05, 3.63) is 107 Å². The number of aryl methyl sites for hydroxylation is 1. The number of amides is 2. The quantitative estimate of drug-likeness (QED) is 0.233. The lowest BCUT2D eigenvalue weighted by Crippen LogP contribution is -2.20. The normalized spacial score (nSPS) is 11.1. The summed E-state index contributed by atoms with van der Waals surface area (Å²) in [6.07, 6.45) is 0. The molecule has 0 spiro atoms. The summed E-state index contributed by atoms with van der Waals surface area (Å²) in [5.74, 6) is -0.0187. The summed E-state index contributed by atoms with van der Waals surface area (Å²) >= 11 is 6.20. The Balaban J connectivity index is 1.76. The van der Waals surface area contributed by atoms with Crippen LogP contribution in [0.25, 0.3) is 11.1 Å². The number of aromatic carboxylic acids is 1. The number of para-hydroxylation sites is 1. The molecule has 194 valence electrons. The maximum absolute atomic E-state index is 13.0. The monoisotopic (exact) mass is 528 g/mol. The Bertz CT molecular complexity index is 1490. The maximum atomic E-state index is 13.0. The van der Waals surface area contributed by atoms with Crippen molar-refractivity contribution < 1.29 is 19.4 Å². The van der Waals surface area contributed by atoms with E-state index in [1.165, 1.54) is 12.1 Å². The number of anilines is 2. The summed E-state index contributed by atoms with van der Waals surface area (Å²) in [5, 5.41) is 15.8. The van der Waals surface area contributed by atoms with Crippen molar-refractivity contribution in [2.24, 2.45) is 0 Å². The molecule has 0 aliphatic heterocycles. The second-order valence-electron chi connectivity index (χ2n) is 10.00. The summed E-state index contributed by atoms with van der Waals surface area (Å²) in [7, 11) is 0. The van der Waals surface area contributed by atoms with E-state index in [2.05, 4.69) is 31.4 Å². The molecule has 0 heterocycles. The Hall–Kier alpha value is -4.29. The van der Waals surface area contributed by atoms with E-state index in [-0.39, 0.29) is 11.0 Å². The smallest absolute Gasteiger partial charge is 0.336 e. The van der Waals surface area contributed by atoms with Gasteiger partial charge in [-0.15, -0.1) is 0 Å². The van der Waals surface area contributed by atoms with Gasteiger partial charge in [0.05, 0.1) is 11.3 Å². The molecule has 0 unspecified atom stereocenters. The molecule has 0 aliphatic carbocycles. The van der Waals surface area contributed by atoms with Crippen LogP contribution in [0.5, 0.6) is 11.5 Å². The molecule has 0 aromatic heterocycles. The molecule has 4 aromatic rings. The van der Waals surface area contributed by atoms with Gasteiger partial charge in [-0.1, -0.05) is 74.3 Å². The van der Waals surface area contributed by atoms with Crippen molar-refractivity contribution in [2.45, 2.75) is 33.1 Å². The van der Waals surface area contributed by atoms with Crippen LogP contribution in [-0.4, -0.2) is 17.1 Å². The highest BCUT2D eigenvalue weighted by Crippen LogP contribution is 2.39. The Kier molecular flexibility index (Phi) is 7.74. The summed E-state index contributed by atoms with van der Waals surface area (Å²) in [6, 6.07) is 24.4. The van der Waals surface area contributed by atoms with Crippen LogP contribution in [0.4, 0.5) is 16.2 Å². The third kappa shape index (κ3) is 6.33. The Morgan fingerprint density at radius 3 is 2.24 bits per heavy atom. The molecule has 0 saturated heterocycles. The highest BCUT2D eigenvalue weighted by Gasteiger charge is 2.21. The Morgan fingerprint density at radius 1 is 0.842 bits per heavy atom. The van der Waals surface area contributed by atoms with Gasteiger partial charge in [0.2, 0.25) is 0 Å². The van der Waals surface area contributed by atoms with Gasteiger partial charge in [0.15, 0.2) is 5.75 Å². The number of rotatable bonds is 6. The van der Waals surface area contributed by atoms with Gasteiger partial charge in [0.1, 0.15) is 5.75 Å². The number of carbonyl (C=O) groups excluding carboxylic acids is 1. The molecular weight excluding hydrogens is 500 g/mol. The van der Waals surface area contributed by atoms with Crippen molar-refractivity contribution in [1.82, 2.24) is 0 Å². The van der Waals surface area contributed by atoms with Gasteiger partial charge < -0.3 is 20.5 Å². The number of carboxylic acid groups (broad SMARTS) is 1. The molecular formula is C31H29ClN2O4. The van der Waals surface area contributed by atoms with Crippen LogP contribution >= 0.6 is 11.6 Å². The topological polar surface area (TPSA) is 87.7 Å². The van der Waals surface area contributed by atoms with E-state index >= 15 is 0 Å². The highest BCUT2D eigenvalue weighted by atomic mass is 35.5. The molecule has 4 aromatic carbocycles. The lowest BCUT2D eigenvalue weighted by molar-refractivity contribution is 0.0697. The van der Waals surface area contributed by atoms with Gasteiger partial charge in [0.25, 0.3) is 0 Å². The molecule has 0 atom stereocenters. The third-order valence-electron chi connectivity index (χ3n) is 5.98. The van der Waals surface area contributed by atoms with Crippen LogP contribution in [-0.2, 0) is 5.41 Å². The van der Waals surface area contributed by atoms with Gasteiger partial charge in [-0.25, -0.2) is 9.59 Å². The zero-order chi connectivity index (χ0) is 27.4. The van der Waals surface area contributed by atoms with Crippen LogP contribution < -0.4 is 15.4 Å². The number of hydrogen-bond acceptors (Lipinski definition) is 3. The van der Waals surface area contributed by atoms with E-state index in [4.69, 9.17) is 16.3 Å². The minimum Gasteiger partial charge on any atom is -0.478 e. The van der Waals surface area contributed by atoms with E-state index in [9.17, 15) is 14.7 Å². The number of nitrogens with one attached hydrogen (secondary N) is 2. The lowest BCUT2D eigenvalue weighted by Gasteiger charge is -2.23. The van der Waals surface area contributed by atoms with Crippen molar-refractivity contribution in [2.75, 3.05) is 10.6 Å². The number of halogens is 1. The third-order valence-corrected chi connectivity index (χ3v) is 6.21. The molecule has 0 radical (unpaired) electrons. The molecule has 0 aliphatic rings. The number of benzene rings is 4. The fourth-order valence-electron chi connectivity index (χ4n) is 4.04. The van der Waals surface area contributed by atoms with Gasteiger partial charge in [-0.2, -0.15) is 0 Å². The van der Waals surface area contributed by atoms with Crippen LogP contribution in [0.1, 0.15) is 42.3 Å². The van der Waals surface area contributed by atoms with Crippen molar-refractivity contribution >= 4 is 35.0 Å². The number of hydrogen-bond donors (Lipinski definition) is 3. The molecule has 4 rings (SSSR count). The van der Waals surface area contributed by atoms with Crippen LogP contribution in [0, 0.1) is 6.92 Å². The van der Waals surface area contributed by atoms with Gasteiger partial charge >= 0.3 is 12.0 Å². The predicted molar refractivity (Wildman–Crippen MR) is 153 cm³/mol. The number of urea groups is 1. The summed E-state index contributed by atoms with van der Waals surface area (Å²) in [6.45, 7) is 8.26. The zero-order valence-electron chi connectivity index (χ0n) is 21.6. The van der Waals surface area contributed by atoms with Crippen molar-refractivity contribution in [3.63, 3.8) is 0 Å². The first kappa shape index (κ1) is 26.8. The number of ether oxygens (including phenoxy) is 1. The maximum Gasteiger partial charge on any atom is 0.336 e. The standard InChI is InChI=1S/C31H29ClN2O4/c1-19-9-13-22(14-10-19)33-30(37)34-26-17-20(24-18-21(32)12-15-23(24)29(35)36)11-16-28(26)38-27-8-6-5-7-25(27)31(2,3)4/h5-18H,1-4H3,(H,35,36)(H2,33,34,37). The largest absolute Gasteiger partial charge is 0.478 e. The molecule has 38 heavy (non-hydrogen) atoms. The fraction of sp³-hybridized carbons (Fsp3) is 0.161. The first-order valence-electron chi connectivity index (χ1n) is 12.1. The average Bonchev–Trinajstić information content (AvgIpc) is 2.86. The van der Waals surface area contributed by atoms with Crippen LogP contribution in [0.15, 0.2) is 84.9 Å². The minimum absolute atomic E-state index is 0.0937. The first-order chi connectivity index (χ1) is 18.0. The SMILES string of the molecule is Cc1ccc(NC(=O)Nc2cc(-c3cc(Cl)ccc3C(=O)O)ccc2Oc2ccccc2C(C)(C)C)cc1. The number of carboxylic acids is 1. The zero-order valence-corrected chi connectivity index (χ0v) is 22.4. The van der Waals surface area contributed by atoms with Gasteiger partial charge in [-0.05, 0) is 72.0 Å². The predicted octanol–water partition coefficient (Wildman–Crippen LogP) is 8.75. The first-order valence-corrected chi connectivity index (χ1v) is 12.5. The highest BCUT2D eigenvalue weighted by molar-refractivity contribution is 6.31. The fourth-order valence-corrected chi connectivity index (χ4v) is 4.21. The van der Waals surface area contributed by atoms with Gasteiger partial charge in [0, 0.05) is 16.3 Å². The Morgan fingerprint density at radius 2 is 1.55 bits per heavy atom. The van der Waals surface area contributed by atoms with E-state index in [1.807, 2.05) is 55.5 Å². The van der Waals surface area contributed by atoms with Crippen molar-refractivity contribution in [1.29, 1.82) is 0 Å². The van der Waals surface area contributed by atoms with Crippen LogP contribution in [0.3, 0.4) is 0 Å². The van der Waals surface area contributed by atoms with Gasteiger partial charge in [-0.3, -0.25) is 0 Å². The molecule has 3 N–H and O–H groups in total. The van der Waals surface area contributed by atoms with E-state index < -0.39 is 12.0 Å². The lowest BCUT2D eigenvalue weighted by atomic mass is 9.86. The number of carbonyl (C=O) groups is 2. The van der Waals surface area contributed by atoms with E-state index in [0.717, 1.165) is 11.1 Å². The van der Waals surface area contributed by atoms with E-state index in [1.54, 1.807) is 24.3 Å². The van der Waals surface area contributed by atoms with E-state index in [0.29, 0.717) is 39.0 Å².